The average molecular weight is 343 g/mol. The fraction of sp³-hybridized carbons (Fsp3) is 0.625. The Hall–Kier alpha value is -0.770. The lowest BCUT2D eigenvalue weighted by Gasteiger charge is -2.38. The highest BCUT2D eigenvalue weighted by Crippen LogP contribution is 2.34. The molecule has 0 amide bonds. The molecule has 0 aromatic heterocycles. The van der Waals surface area contributed by atoms with Gasteiger partial charge in [-0.1, -0.05) is 33.1 Å². The van der Waals surface area contributed by atoms with Crippen LogP contribution in [0.4, 0.5) is 15.8 Å². The third-order valence-electron chi connectivity index (χ3n) is 3.96. The average Bonchev–Trinajstić information content (AvgIpc) is 2.41. The summed E-state index contributed by atoms with van der Waals surface area (Å²) in [6.45, 7) is 5.32. The first-order valence-corrected chi connectivity index (χ1v) is 8.29. The van der Waals surface area contributed by atoms with Gasteiger partial charge in [-0.15, -0.1) is 0 Å². The third-order valence-corrected chi connectivity index (χ3v) is 4.56. The summed E-state index contributed by atoms with van der Waals surface area (Å²) in [6.07, 6.45) is 6.21. The Kier molecular flexibility index (Phi) is 5.30. The number of rotatable bonds is 4. The van der Waals surface area contributed by atoms with Crippen LogP contribution in [0.15, 0.2) is 16.6 Å². The summed E-state index contributed by atoms with van der Waals surface area (Å²) in [6, 6.07) is 3.76. The Morgan fingerprint density at radius 3 is 2.55 bits per heavy atom. The van der Waals surface area contributed by atoms with Gasteiger partial charge in [-0.3, -0.25) is 0 Å². The lowest BCUT2D eigenvalue weighted by molar-refractivity contribution is 0.401. The molecule has 1 aliphatic rings. The van der Waals surface area contributed by atoms with E-state index in [2.05, 4.69) is 34.7 Å². The van der Waals surface area contributed by atoms with Crippen molar-refractivity contribution in [3.05, 3.63) is 22.4 Å². The standard InChI is InChI=1S/C16H24BrFN2/c1-11(2)10-20(12-6-4-3-5-7-12)16-9-14(18)13(17)8-15(16)19/h8-9,11-12H,3-7,10,19H2,1-2H3. The minimum atomic E-state index is -0.237. The monoisotopic (exact) mass is 342 g/mol. The lowest BCUT2D eigenvalue weighted by atomic mass is 9.93. The molecule has 1 aliphatic carbocycles. The minimum Gasteiger partial charge on any atom is -0.397 e. The van der Waals surface area contributed by atoms with Crippen molar-refractivity contribution < 1.29 is 4.39 Å². The van der Waals surface area contributed by atoms with Gasteiger partial charge in [0, 0.05) is 18.7 Å². The summed E-state index contributed by atoms with van der Waals surface area (Å²) >= 11 is 3.20. The van der Waals surface area contributed by atoms with E-state index in [1.165, 1.54) is 32.1 Å². The first-order valence-electron chi connectivity index (χ1n) is 7.50. The van der Waals surface area contributed by atoms with Crippen LogP contribution >= 0.6 is 15.9 Å². The van der Waals surface area contributed by atoms with Gasteiger partial charge < -0.3 is 10.6 Å². The van der Waals surface area contributed by atoms with Crippen molar-refractivity contribution in [2.24, 2.45) is 5.92 Å². The first kappa shape index (κ1) is 15.6. The van der Waals surface area contributed by atoms with Crippen LogP contribution in [0.3, 0.4) is 0 Å². The normalized spacial score (nSPS) is 16.6. The molecule has 0 radical (unpaired) electrons. The van der Waals surface area contributed by atoms with Crippen molar-refractivity contribution in [2.75, 3.05) is 17.2 Å². The maximum Gasteiger partial charge on any atom is 0.139 e. The smallest absolute Gasteiger partial charge is 0.139 e. The molecule has 0 bridgehead atoms. The van der Waals surface area contributed by atoms with Gasteiger partial charge in [0.1, 0.15) is 5.82 Å². The van der Waals surface area contributed by atoms with Crippen molar-refractivity contribution in [1.29, 1.82) is 0 Å². The van der Waals surface area contributed by atoms with E-state index in [9.17, 15) is 4.39 Å². The lowest BCUT2D eigenvalue weighted by Crippen LogP contribution is -2.39. The number of nitrogens with zero attached hydrogens (tertiary/aromatic N) is 1. The van der Waals surface area contributed by atoms with Gasteiger partial charge in [0.25, 0.3) is 0 Å². The molecule has 0 saturated heterocycles. The zero-order valence-corrected chi connectivity index (χ0v) is 13.9. The number of nitrogens with two attached hydrogens (primary N) is 1. The maximum absolute atomic E-state index is 13.9. The molecule has 1 fully saturated rings. The third kappa shape index (κ3) is 3.66. The molecule has 20 heavy (non-hydrogen) atoms. The molecular formula is C16H24BrFN2. The van der Waals surface area contributed by atoms with Crippen molar-refractivity contribution in [3.8, 4) is 0 Å². The van der Waals surface area contributed by atoms with Crippen LogP contribution in [0.5, 0.6) is 0 Å². The zero-order valence-electron chi connectivity index (χ0n) is 12.3. The molecule has 1 aromatic carbocycles. The topological polar surface area (TPSA) is 29.3 Å². The highest BCUT2D eigenvalue weighted by Gasteiger charge is 2.24. The van der Waals surface area contributed by atoms with Crippen LogP contribution in [0.2, 0.25) is 0 Å². The Balaban J connectivity index is 2.32. The number of hydrogen-bond acceptors (Lipinski definition) is 2. The Morgan fingerprint density at radius 2 is 1.95 bits per heavy atom. The van der Waals surface area contributed by atoms with Crippen LogP contribution in [-0.4, -0.2) is 12.6 Å². The fourth-order valence-corrected chi connectivity index (χ4v) is 3.39. The van der Waals surface area contributed by atoms with Gasteiger partial charge in [-0.2, -0.15) is 0 Å². The second-order valence-corrected chi connectivity index (χ2v) is 7.02. The Morgan fingerprint density at radius 1 is 1.30 bits per heavy atom. The van der Waals surface area contributed by atoms with Crippen LogP contribution in [-0.2, 0) is 0 Å². The molecule has 112 valence electrons. The van der Waals surface area contributed by atoms with E-state index in [4.69, 9.17) is 5.73 Å². The summed E-state index contributed by atoms with van der Waals surface area (Å²) in [5.74, 6) is 0.293. The van der Waals surface area contributed by atoms with Crippen LogP contribution < -0.4 is 10.6 Å². The molecule has 4 heteroatoms. The first-order chi connectivity index (χ1) is 9.49. The summed E-state index contributed by atoms with van der Waals surface area (Å²) < 4.78 is 14.3. The minimum absolute atomic E-state index is 0.237. The predicted molar refractivity (Wildman–Crippen MR) is 87.6 cm³/mol. The number of benzene rings is 1. The summed E-state index contributed by atoms with van der Waals surface area (Å²) in [5, 5.41) is 0. The predicted octanol–water partition coefficient (Wildman–Crippen LogP) is 4.97. The van der Waals surface area contributed by atoms with Crippen LogP contribution in [0.1, 0.15) is 46.0 Å². The molecule has 1 saturated carbocycles. The largest absolute Gasteiger partial charge is 0.397 e. The summed E-state index contributed by atoms with van der Waals surface area (Å²) in [4.78, 5) is 2.33. The number of hydrogen-bond donors (Lipinski definition) is 1. The second-order valence-electron chi connectivity index (χ2n) is 6.16. The molecule has 0 unspecified atom stereocenters. The van der Waals surface area contributed by atoms with E-state index in [-0.39, 0.29) is 5.82 Å². The molecule has 0 spiro atoms. The van der Waals surface area contributed by atoms with Gasteiger partial charge >= 0.3 is 0 Å². The Labute approximate surface area is 129 Å². The van der Waals surface area contributed by atoms with E-state index < -0.39 is 0 Å². The molecule has 0 heterocycles. The van der Waals surface area contributed by atoms with E-state index in [0.717, 1.165) is 12.2 Å². The van der Waals surface area contributed by atoms with Gasteiger partial charge in [0.15, 0.2) is 0 Å². The van der Waals surface area contributed by atoms with Crippen LogP contribution in [0, 0.1) is 11.7 Å². The molecule has 0 aliphatic heterocycles. The van der Waals surface area contributed by atoms with E-state index in [1.54, 1.807) is 12.1 Å². The van der Waals surface area contributed by atoms with Crippen LogP contribution in [0.25, 0.3) is 0 Å². The molecule has 2 nitrogen and oxygen atoms in total. The fourth-order valence-electron chi connectivity index (χ4n) is 3.03. The van der Waals surface area contributed by atoms with Gasteiger partial charge in [0.05, 0.1) is 15.8 Å². The van der Waals surface area contributed by atoms with Gasteiger partial charge in [-0.25, -0.2) is 4.39 Å². The maximum atomic E-state index is 13.9. The van der Waals surface area contributed by atoms with Crippen molar-refractivity contribution in [2.45, 2.75) is 52.0 Å². The van der Waals surface area contributed by atoms with E-state index in [1.807, 2.05) is 0 Å². The molecule has 2 N–H and O–H groups in total. The molecular weight excluding hydrogens is 319 g/mol. The highest BCUT2D eigenvalue weighted by atomic mass is 79.9. The second kappa shape index (κ2) is 6.79. The number of halogens is 2. The zero-order chi connectivity index (χ0) is 14.7. The molecule has 0 atom stereocenters. The quantitative estimate of drug-likeness (QED) is 0.783. The summed E-state index contributed by atoms with van der Waals surface area (Å²) in [5.41, 5.74) is 7.65. The van der Waals surface area contributed by atoms with Crippen molar-refractivity contribution in [1.82, 2.24) is 0 Å². The van der Waals surface area contributed by atoms with Crippen molar-refractivity contribution >= 4 is 27.3 Å². The Bertz CT molecular complexity index is 456. The highest BCUT2D eigenvalue weighted by molar-refractivity contribution is 9.10. The van der Waals surface area contributed by atoms with Crippen molar-refractivity contribution in [3.63, 3.8) is 0 Å². The van der Waals surface area contributed by atoms with Gasteiger partial charge in [-0.05, 0) is 40.8 Å². The van der Waals surface area contributed by atoms with E-state index in [0.29, 0.717) is 22.1 Å². The van der Waals surface area contributed by atoms with E-state index >= 15 is 0 Å². The molecule has 2 rings (SSSR count). The van der Waals surface area contributed by atoms with Gasteiger partial charge in [0.2, 0.25) is 0 Å². The number of nitrogen functional groups attached to an aromatic ring is 1. The molecule has 1 aromatic rings. The SMILES string of the molecule is CC(C)CN(c1cc(F)c(Br)cc1N)C1CCCCC1. The number of anilines is 2. The summed E-state index contributed by atoms with van der Waals surface area (Å²) in [7, 11) is 0.